The van der Waals surface area contributed by atoms with E-state index >= 15 is 0 Å². The van der Waals surface area contributed by atoms with Crippen LogP contribution in [0.1, 0.15) is 57.1 Å². The van der Waals surface area contributed by atoms with Crippen molar-refractivity contribution in [3.63, 3.8) is 0 Å². The fraction of sp³-hybridized carbons (Fsp3) is 0.450. The van der Waals surface area contributed by atoms with E-state index in [2.05, 4.69) is 70.1 Å². The smallest absolute Gasteiger partial charge is 0.0390 e. The molecule has 1 aromatic carbocycles. The van der Waals surface area contributed by atoms with E-state index in [0.29, 0.717) is 5.92 Å². The van der Waals surface area contributed by atoms with Gasteiger partial charge in [-0.2, -0.15) is 0 Å². The molecular formula is C20H28N2. The van der Waals surface area contributed by atoms with Gasteiger partial charge in [0.1, 0.15) is 0 Å². The molecule has 1 aliphatic carbocycles. The van der Waals surface area contributed by atoms with Crippen molar-refractivity contribution < 1.29 is 0 Å². The maximum absolute atomic E-state index is 8.53. The van der Waals surface area contributed by atoms with E-state index in [-0.39, 0.29) is 0 Å². The second kappa shape index (κ2) is 6.95. The zero-order valence-electron chi connectivity index (χ0n) is 14.5. The Balaban J connectivity index is 2.45. The molecule has 1 aliphatic rings. The number of benzene rings is 1. The summed E-state index contributed by atoms with van der Waals surface area (Å²) in [6.07, 6.45) is 7.55. The first-order valence-electron chi connectivity index (χ1n) is 8.20. The minimum Gasteiger partial charge on any atom is -0.378 e. The minimum atomic E-state index is 0.327. The van der Waals surface area contributed by atoms with E-state index in [1.807, 2.05) is 0 Å². The van der Waals surface area contributed by atoms with Crippen LogP contribution in [0.15, 0.2) is 41.5 Å². The zero-order valence-corrected chi connectivity index (χ0v) is 14.5. The molecule has 0 amide bonds. The number of hydrogen-bond acceptors (Lipinski definition) is 2. The lowest BCUT2D eigenvalue weighted by molar-refractivity contribution is 0.831. The highest BCUT2D eigenvalue weighted by Gasteiger charge is 2.21. The van der Waals surface area contributed by atoms with Gasteiger partial charge in [-0.1, -0.05) is 42.7 Å². The van der Waals surface area contributed by atoms with E-state index in [4.69, 9.17) is 5.41 Å². The van der Waals surface area contributed by atoms with Crippen molar-refractivity contribution in [2.45, 2.75) is 46.0 Å². The predicted octanol–water partition coefficient (Wildman–Crippen LogP) is 5.30. The zero-order chi connectivity index (χ0) is 16.3. The standard InChI is InChI=1S/C20H28N2/c1-6-7-8-20(21)19-13-16(22(4)5)10-12-18(19)17-11-9-14(2)15(17)3/h9-13,17,21H,6-8H2,1-5H3. The van der Waals surface area contributed by atoms with Gasteiger partial charge < -0.3 is 10.3 Å². The largest absolute Gasteiger partial charge is 0.378 e. The van der Waals surface area contributed by atoms with Crippen molar-refractivity contribution in [1.29, 1.82) is 5.41 Å². The number of allylic oxidation sites excluding steroid dienone is 4. The Morgan fingerprint density at radius 2 is 1.95 bits per heavy atom. The number of nitrogens with zero attached hydrogens (tertiary/aromatic N) is 1. The third kappa shape index (κ3) is 3.32. The van der Waals surface area contributed by atoms with Crippen LogP contribution in [0.3, 0.4) is 0 Å². The van der Waals surface area contributed by atoms with Crippen LogP contribution in [0.4, 0.5) is 5.69 Å². The molecule has 0 radical (unpaired) electrons. The Hall–Kier alpha value is -1.83. The summed E-state index contributed by atoms with van der Waals surface area (Å²) in [6.45, 7) is 6.56. The summed E-state index contributed by atoms with van der Waals surface area (Å²) in [5, 5.41) is 8.53. The maximum atomic E-state index is 8.53. The Morgan fingerprint density at radius 1 is 1.23 bits per heavy atom. The van der Waals surface area contributed by atoms with Crippen molar-refractivity contribution >= 4 is 11.4 Å². The molecule has 22 heavy (non-hydrogen) atoms. The third-order valence-corrected chi connectivity index (χ3v) is 4.62. The van der Waals surface area contributed by atoms with Gasteiger partial charge in [0.05, 0.1) is 0 Å². The summed E-state index contributed by atoms with van der Waals surface area (Å²) in [4.78, 5) is 2.11. The van der Waals surface area contributed by atoms with Gasteiger partial charge in [0.25, 0.3) is 0 Å². The number of nitrogens with one attached hydrogen (secondary N) is 1. The molecule has 0 heterocycles. The Labute approximate surface area is 135 Å². The highest BCUT2D eigenvalue weighted by atomic mass is 15.1. The van der Waals surface area contributed by atoms with Gasteiger partial charge in [-0.25, -0.2) is 0 Å². The summed E-state index contributed by atoms with van der Waals surface area (Å²) in [7, 11) is 4.11. The lowest BCUT2D eigenvalue weighted by Gasteiger charge is -2.21. The molecule has 0 saturated carbocycles. The fourth-order valence-corrected chi connectivity index (χ4v) is 2.94. The van der Waals surface area contributed by atoms with Gasteiger partial charge in [0.15, 0.2) is 0 Å². The van der Waals surface area contributed by atoms with Crippen LogP contribution in [-0.4, -0.2) is 19.8 Å². The Kier molecular flexibility index (Phi) is 5.23. The number of hydrogen-bond donors (Lipinski definition) is 1. The van der Waals surface area contributed by atoms with E-state index in [0.717, 1.165) is 30.5 Å². The van der Waals surface area contributed by atoms with Gasteiger partial charge >= 0.3 is 0 Å². The van der Waals surface area contributed by atoms with Gasteiger partial charge in [-0.05, 0) is 44.4 Å². The Bertz CT molecular complexity index is 621. The van der Waals surface area contributed by atoms with Gasteiger partial charge in [-0.3, -0.25) is 0 Å². The molecule has 1 atom stereocenters. The van der Waals surface area contributed by atoms with Crippen LogP contribution in [0.5, 0.6) is 0 Å². The van der Waals surface area contributed by atoms with Crippen LogP contribution in [0.25, 0.3) is 0 Å². The first-order chi connectivity index (χ1) is 10.5. The molecule has 2 heteroatoms. The third-order valence-electron chi connectivity index (χ3n) is 4.62. The normalized spacial score (nSPS) is 17.2. The van der Waals surface area contributed by atoms with Crippen molar-refractivity contribution in [3.05, 3.63) is 52.6 Å². The van der Waals surface area contributed by atoms with Crippen LogP contribution < -0.4 is 4.90 Å². The molecule has 1 unspecified atom stereocenters. The minimum absolute atomic E-state index is 0.327. The molecule has 0 aromatic heterocycles. The highest BCUT2D eigenvalue weighted by Crippen LogP contribution is 2.37. The summed E-state index contributed by atoms with van der Waals surface area (Å²) in [6, 6.07) is 6.56. The molecule has 2 rings (SSSR count). The fourth-order valence-electron chi connectivity index (χ4n) is 2.94. The van der Waals surface area contributed by atoms with Crippen LogP contribution in [0.2, 0.25) is 0 Å². The average Bonchev–Trinajstić information content (AvgIpc) is 2.83. The molecule has 0 fully saturated rings. The van der Waals surface area contributed by atoms with E-state index in [1.165, 1.54) is 22.4 Å². The topological polar surface area (TPSA) is 27.1 Å². The number of anilines is 1. The van der Waals surface area contributed by atoms with Crippen molar-refractivity contribution in [3.8, 4) is 0 Å². The molecule has 0 bridgehead atoms. The van der Waals surface area contributed by atoms with Crippen LogP contribution >= 0.6 is 0 Å². The quantitative estimate of drug-likeness (QED) is 0.708. The predicted molar refractivity (Wildman–Crippen MR) is 97.4 cm³/mol. The van der Waals surface area contributed by atoms with Crippen molar-refractivity contribution in [2.75, 3.05) is 19.0 Å². The molecule has 118 valence electrons. The average molecular weight is 296 g/mol. The van der Waals surface area contributed by atoms with Gasteiger partial charge in [-0.15, -0.1) is 0 Å². The molecule has 2 nitrogen and oxygen atoms in total. The Morgan fingerprint density at radius 3 is 2.50 bits per heavy atom. The SMILES string of the molecule is CCCCC(=N)c1cc(N(C)C)ccc1C1C=CC(C)=C1C. The molecule has 0 saturated heterocycles. The highest BCUT2D eigenvalue weighted by molar-refractivity contribution is 6.00. The number of unbranched alkanes of at least 4 members (excludes halogenated alkanes) is 1. The summed E-state index contributed by atoms with van der Waals surface area (Å²) in [5.41, 5.74) is 7.09. The second-order valence-electron chi connectivity index (χ2n) is 6.45. The van der Waals surface area contributed by atoms with Crippen molar-refractivity contribution in [2.24, 2.45) is 0 Å². The van der Waals surface area contributed by atoms with Crippen molar-refractivity contribution in [1.82, 2.24) is 0 Å². The lowest BCUT2D eigenvalue weighted by atomic mass is 9.87. The molecule has 0 aliphatic heterocycles. The van der Waals surface area contributed by atoms with Gasteiger partial charge in [0.2, 0.25) is 0 Å². The molecular weight excluding hydrogens is 268 g/mol. The van der Waals surface area contributed by atoms with E-state index < -0.39 is 0 Å². The summed E-state index contributed by atoms with van der Waals surface area (Å²) >= 11 is 0. The maximum Gasteiger partial charge on any atom is 0.0390 e. The first kappa shape index (κ1) is 16.5. The monoisotopic (exact) mass is 296 g/mol. The van der Waals surface area contributed by atoms with E-state index in [1.54, 1.807) is 0 Å². The molecule has 1 N–H and O–H groups in total. The number of rotatable bonds is 6. The first-order valence-corrected chi connectivity index (χ1v) is 8.20. The lowest BCUT2D eigenvalue weighted by Crippen LogP contribution is -2.13. The second-order valence-corrected chi connectivity index (χ2v) is 6.45. The van der Waals surface area contributed by atoms with Gasteiger partial charge in [0, 0.05) is 37.0 Å². The van der Waals surface area contributed by atoms with Crippen LogP contribution in [0, 0.1) is 5.41 Å². The van der Waals surface area contributed by atoms with Crippen LogP contribution in [-0.2, 0) is 0 Å². The molecule has 1 aromatic rings. The summed E-state index contributed by atoms with van der Waals surface area (Å²) in [5.74, 6) is 0.327. The molecule has 0 spiro atoms. The summed E-state index contributed by atoms with van der Waals surface area (Å²) < 4.78 is 0. The van der Waals surface area contributed by atoms with E-state index in [9.17, 15) is 0 Å².